The molecule has 0 fully saturated rings. The van der Waals surface area contributed by atoms with E-state index < -0.39 is 0 Å². The lowest BCUT2D eigenvalue weighted by Crippen LogP contribution is -2.16. The quantitative estimate of drug-likeness (QED) is 0.639. The van der Waals surface area contributed by atoms with Crippen LogP contribution >= 0.6 is 0 Å². The van der Waals surface area contributed by atoms with Gasteiger partial charge in [0.1, 0.15) is 0 Å². The normalized spacial score (nSPS) is 18.8. The fraction of sp³-hybridized carbons (Fsp3) is 0.368. The molecule has 0 radical (unpaired) electrons. The zero-order valence-electron chi connectivity index (χ0n) is 12.7. The molecule has 0 heteroatoms. The lowest BCUT2D eigenvalue weighted by atomic mass is 9.76. The first kappa shape index (κ1) is 13.9. The van der Waals surface area contributed by atoms with Crippen molar-refractivity contribution in [3.05, 3.63) is 64.3 Å². The van der Waals surface area contributed by atoms with E-state index in [9.17, 15) is 0 Å². The molecular formula is C19H24. The van der Waals surface area contributed by atoms with Crippen molar-refractivity contribution in [2.24, 2.45) is 5.41 Å². The molecule has 0 saturated heterocycles. The molecule has 0 saturated carbocycles. The second-order valence-corrected chi connectivity index (χ2v) is 5.85. The summed E-state index contributed by atoms with van der Waals surface area (Å²) in [5.41, 5.74) is 7.50. The molecule has 0 bridgehead atoms. The summed E-state index contributed by atoms with van der Waals surface area (Å²) in [5.74, 6) is 0. The maximum atomic E-state index is 2.37. The number of allylic oxidation sites excluding steroid dienone is 5. The van der Waals surface area contributed by atoms with Gasteiger partial charge in [0.15, 0.2) is 0 Å². The number of benzene rings is 1. The highest BCUT2D eigenvalue weighted by atomic mass is 14.4. The summed E-state index contributed by atoms with van der Waals surface area (Å²) in [6, 6.07) is 10.5. The molecule has 0 spiro atoms. The predicted molar refractivity (Wildman–Crippen MR) is 84.9 cm³/mol. The Hall–Kier alpha value is -1.56. The molecule has 0 aliphatic heterocycles. The van der Waals surface area contributed by atoms with Gasteiger partial charge in [0.2, 0.25) is 0 Å². The SMILES string of the molecule is CC1=C(C)C(C)(C/C=C/c2ccccc2)C(C)=C1C. The summed E-state index contributed by atoms with van der Waals surface area (Å²) in [4.78, 5) is 0. The Morgan fingerprint density at radius 3 is 1.95 bits per heavy atom. The summed E-state index contributed by atoms with van der Waals surface area (Å²) >= 11 is 0. The van der Waals surface area contributed by atoms with Crippen LogP contribution in [0.25, 0.3) is 6.08 Å². The van der Waals surface area contributed by atoms with E-state index in [-0.39, 0.29) is 5.41 Å². The fourth-order valence-corrected chi connectivity index (χ4v) is 2.97. The molecule has 0 amide bonds. The van der Waals surface area contributed by atoms with Crippen molar-refractivity contribution >= 4 is 6.08 Å². The van der Waals surface area contributed by atoms with Gasteiger partial charge in [0.05, 0.1) is 0 Å². The van der Waals surface area contributed by atoms with Crippen molar-refractivity contribution in [2.75, 3.05) is 0 Å². The minimum Gasteiger partial charge on any atom is -0.0828 e. The Balaban J connectivity index is 2.18. The van der Waals surface area contributed by atoms with Crippen molar-refractivity contribution in [3.63, 3.8) is 0 Å². The summed E-state index contributed by atoms with van der Waals surface area (Å²) < 4.78 is 0. The van der Waals surface area contributed by atoms with Gasteiger partial charge in [0.25, 0.3) is 0 Å². The van der Waals surface area contributed by atoms with Crippen LogP contribution in [-0.4, -0.2) is 0 Å². The van der Waals surface area contributed by atoms with Gasteiger partial charge in [-0.3, -0.25) is 0 Å². The first-order valence-electron chi connectivity index (χ1n) is 7.04. The molecule has 1 aromatic carbocycles. The van der Waals surface area contributed by atoms with Crippen molar-refractivity contribution in [1.82, 2.24) is 0 Å². The van der Waals surface area contributed by atoms with Gasteiger partial charge in [-0.2, -0.15) is 0 Å². The van der Waals surface area contributed by atoms with Crippen LogP contribution in [-0.2, 0) is 0 Å². The molecule has 0 nitrogen and oxygen atoms in total. The lowest BCUT2D eigenvalue weighted by molar-refractivity contribution is 0.495. The largest absolute Gasteiger partial charge is 0.0828 e. The number of hydrogen-bond acceptors (Lipinski definition) is 0. The van der Waals surface area contributed by atoms with Crippen molar-refractivity contribution in [1.29, 1.82) is 0 Å². The van der Waals surface area contributed by atoms with Crippen LogP contribution in [0, 0.1) is 5.41 Å². The van der Waals surface area contributed by atoms with E-state index in [4.69, 9.17) is 0 Å². The zero-order chi connectivity index (χ0) is 14.0. The molecule has 0 heterocycles. The van der Waals surface area contributed by atoms with Crippen molar-refractivity contribution in [2.45, 2.75) is 41.0 Å². The first-order valence-corrected chi connectivity index (χ1v) is 7.04. The van der Waals surface area contributed by atoms with Gasteiger partial charge >= 0.3 is 0 Å². The van der Waals surface area contributed by atoms with Crippen molar-refractivity contribution in [3.8, 4) is 0 Å². The highest BCUT2D eigenvalue weighted by molar-refractivity contribution is 5.53. The highest BCUT2D eigenvalue weighted by Crippen LogP contribution is 2.48. The van der Waals surface area contributed by atoms with E-state index in [1.165, 1.54) is 27.9 Å². The highest BCUT2D eigenvalue weighted by Gasteiger charge is 2.34. The summed E-state index contributed by atoms with van der Waals surface area (Å²) in [5, 5.41) is 0. The van der Waals surface area contributed by atoms with E-state index in [1.54, 1.807) is 0 Å². The summed E-state index contributed by atoms with van der Waals surface area (Å²) in [7, 11) is 0. The van der Waals surface area contributed by atoms with E-state index in [2.05, 4.69) is 77.1 Å². The molecule has 0 aromatic heterocycles. The minimum absolute atomic E-state index is 0.208. The Labute approximate surface area is 117 Å². The molecule has 2 rings (SSSR count). The standard InChI is InChI=1S/C19H24/c1-14-15(2)17(4)19(5,16(14)3)13-9-12-18-10-7-6-8-11-18/h6-12H,13H2,1-5H3/b12-9+. The zero-order valence-corrected chi connectivity index (χ0v) is 12.7. The monoisotopic (exact) mass is 252 g/mol. The van der Waals surface area contributed by atoms with Gasteiger partial charge in [-0.05, 0) is 50.8 Å². The van der Waals surface area contributed by atoms with Gasteiger partial charge in [-0.1, -0.05) is 60.6 Å². The average molecular weight is 252 g/mol. The molecule has 0 atom stereocenters. The molecule has 0 unspecified atom stereocenters. The maximum Gasteiger partial charge on any atom is 0.0133 e. The molecule has 1 aliphatic carbocycles. The van der Waals surface area contributed by atoms with Crippen LogP contribution in [0.4, 0.5) is 0 Å². The van der Waals surface area contributed by atoms with E-state index in [1.807, 2.05) is 0 Å². The van der Waals surface area contributed by atoms with Gasteiger partial charge in [-0.25, -0.2) is 0 Å². The van der Waals surface area contributed by atoms with E-state index >= 15 is 0 Å². The van der Waals surface area contributed by atoms with Crippen LogP contribution in [0.15, 0.2) is 58.7 Å². The molecule has 0 N–H and O–H groups in total. The first-order chi connectivity index (χ1) is 8.97. The maximum absolute atomic E-state index is 2.37. The van der Waals surface area contributed by atoms with Crippen LogP contribution < -0.4 is 0 Å². The second kappa shape index (κ2) is 5.21. The van der Waals surface area contributed by atoms with Crippen LogP contribution in [0.2, 0.25) is 0 Å². The average Bonchev–Trinajstić information content (AvgIpc) is 2.57. The van der Waals surface area contributed by atoms with Crippen LogP contribution in [0.3, 0.4) is 0 Å². The third-order valence-electron chi connectivity index (χ3n) is 4.98. The van der Waals surface area contributed by atoms with Gasteiger partial charge in [-0.15, -0.1) is 0 Å². The number of hydrogen-bond donors (Lipinski definition) is 0. The van der Waals surface area contributed by atoms with Crippen molar-refractivity contribution < 1.29 is 0 Å². The molecule has 1 aliphatic rings. The predicted octanol–water partition coefficient (Wildman–Crippen LogP) is 5.78. The smallest absolute Gasteiger partial charge is 0.0133 e. The Morgan fingerprint density at radius 2 is 1.42 bits per heavy atom. The molecule has 100 valence electrons. The van der Waals surface area contributed by atoms with Gasteiger partial charge < -0.3 is 0 Å². The number of rotatable bonds is 3. The summed E-state index contributed by atoms with van der Waals surface area (Å²) in [6.45, 7) is 11.4. The third kappa shape index (κ3) is 2.45. The van der Waals surface area contributed by atoms with Crippen LogP contribution in [0.5, 0.6) is 0 Å². The van der Waals surface area contributed by atoms with Gasteiger partial charge in [0, 0.05) is 5.41 Å². The Kier molecular flexibility index (Phi) is 3.80. The minimum atomic E-state index is 0.208. The van der Waals surface area contributed by atoms with Crippen LogP contribution in [0.1, 0.15) is 46.6 Å². The molecular weight excluding hydrogens is 228 g/mol. The molecule has 19 heavy (non-hydrogen) atoms. The lowest BCUT2D eigenvalue weighted by Gasteiger charge is -2.27. The Morgan fingerprint density at radius 1 is 0.895 bits per heavy atom. The third-order valence-corrected chi connectivity index (χ3v) is 4.98. The molecule has 1 aromatic rings. The second-order valence-electron chi connectivity index (χ2n) is 5.85. The Bertz CT molecular complexity index is 529. The topological polar surface area (TPSA) is 0 Å². The van der Waals surface area contributed by atoms with E-state index in [0.717, 1.165) is 6.42 Å². The summed E-state index contributed by atoms with van der Waals surface area (Å²) in [6.07, 6.45) is 5.62. The fourth-order valence-electron chi connectivity index (χ4n) is 2.97. The van der Waals surface area contributed by atoms with E-state index in [0.29, 0.717) is 0 Å².